The van der Waals surface area contributed by atoms with Gasteiger partial charge in [0.2, 0.25) is 0 Å². The molecule has 1 heterocycles. The molecule has 0 radical (unpaired) electrons. The second-order valence-electron chi connectivity index (χ2n) is 4.57. The predicted molar refractivity (Wildman–Crippen MR) is 85.0 cm³/mol. The number of hydrogen-bond donors (Lipinski definition) is 0. The van der Waals surface area contributed by atoms with Crippen LogP contribution in [0.3, 0.4) is 0 Å². The molecular weight excluding hydrogens is 302 g/mol. The van der Waals surface area contributed by atoms with Gasteiger partial charge in [0.05, 0.1) is 17.2 Å². The van der Waals surface area contributed by atoms with Crippen molar-refractivity contribution in [2.45, 2.75) is 32.7 Å². The Hall–Kier alpha value is -1.16. The van der Waals surface area contributed by atoms with Gasteiger partial charge in [0.15, 0.2) is 0 Å². The number of alkyl halides is 1. The van der Waals surface area contributed by atoms with Crippen LogP contribution in [0.4, 0.5) is 5.82 Å². The summed E-state index contributed by atoms with van der Waals surface area (Å²) in [5, 5.41) is 0.942. The third-order valence-corrected chi connectivity index (χ3v) is 3.79. The molecule has 0 aliphatic carbocycles. The minimum absolute atomic E-state index is 0.521. The smallest absolute Gasteiger partial charge is 0.148 e. The van der Waals surface area contributed by atoms with Crippen LogP contribution in [0.25, 0.3) is 11.0 Å². The van der Waals surface area contributed by atoms with Gasteiger partial charge in [-0.1, -0.05) is 41.9 Å². The van der Waals surface area contributed by atoms with Crippen molar-refractivity contribution < 1.29 is 0 Å². The Morgan fingerprint density at radius 1 is 1.16 bits per heavy atom. The zero-order chi connectivity index (χ0) is 13.7. The summed E-state index contributed by atoms with van der Waals surface area (Å²) in [5.74, 6) is 0.979. The first-order valence-electron chi connectivity index (χ1n) is 6.84. The van der Waals surface area contributed by atoms with Crippen molar-refractivity contribution in [1.82, 2.24) is 9.97 Å². The normalized spacial score (nSPS) is 11.2. The lowest BCUT2D eigenvalue weighted by molar-refractivity contribution is 0.564. The van der Waals surface area contributed by atoms with Gasteiger partial charge in [-0.15, -0.1) is 0 Å². The summed E-state index contributed by atoms with van der Waals surface area (Å²) < 4.78 is 0. The molecule has 3 nitrogen and oxygen atoms in total. The first kappa shape index (κ1) is 14.3. The summed E-state index contributed by atoms with van der Waals surface area (Å²) in [4.78, 5) is 11.6. The van der Waals surface area contributed by atoms with Crippen LogP contribution < -0.4 is 4.90 Å². The van der Waals surface area contributed by atoms with Crippen molar-refractivity contribution in [2.24, 2.45) is 0 Å². The van der Waals surface area contributed by atoms with Crippen LogP contribution in [0.1, 0.15) is 26.7 Å². The topological polar surface area (TPSA) is 29.0 Å². The summed E-state index contributed by atoms with van der Waals surface area (Å²) in [5.41, 5.74) is 1.92. The summed E-state index contributed by atoms with van der Waals surface area (Å²) in [6.45, 7) is 5.41. The van der Waals surface area contributed by atoms with Crippen LogP contribution in [-0.2, 0) is 0 Å². The molecule has 1 aromatic carbocycles. The fourth-order valence-electron chi connectivity index (χ4n) is 2.39. The van der Waals surface area contributed by atoms with Gasteiger partial charge < -0.3 is 4.90 Å². The first-order valence-corrected chi connectivity index (χ1v) is 7.96. The highest BCUT2D eigenvalue weighted by molar-refractivity contribution is 9.09. The molecule has 4 heteroatoms. The number of para-hydroxylation sites is 2. The molecule has 0 saturated heterocycles. The number of halogens is 1. The highest BCUT2D eigenvalue weighted by atomic mass is 79.9. The van der Waals surface area contributed by atoms with Crippen LogP contribution in [0.2, 0.25) is 0 Å². The molecule has 0 aliphatic rings. The quantitative estimate of drug-likeness (QED) is 0.752. The average molecular weight is 322 g/mol. The maximum absolute atomic E-state index is 4.75. The molecule has 0 saturated carbocycles. The van der Waals surface area contributed by atoms with E-state index in [1.165, 1.54) is 0 Å². The molecule has 0 unspecified atom stereocenters. The van der Waals surface area contributed by atoms with Crippen molar-refractivity contribution in [1.29, 1.82) is 0 Å². The Bertz CT molecular complexity index is 526. The van der Waals surface area contributed by atoms with Gasteiger partial charge >= 0.3 is 0 Å². The van der Waals surface area contributed by atoms with Crippen LogP contribution in [0, 0.1) is 0 Å². The molecule has 1 aromatic heterocycles. The second-order valence-corrected chi connectivity index (χ2v) is 5.36. The monoisotopic (exact) mass is 321 g/mol. The Labute approximate surface area is 123 Å². The lowest BCUT2D eigenvalue weighted by Crippen LogP contribution is -2.36. The fourth-order valence-corrected chi connectivity index (χ4v) is 2.77. The van der Waals surface area contributed by atoms with E-state index in [4.69, 9.17) is 4.98 Å². The SMILES string of the molecule is CCC(CC)N(CCBr)c1cnc2ccccc2n1. The largest absolute Gasteiger partial charge is 0.352 e. The van der Waals surface area contributed by atoms with Gasteiger partial charge in [-0.05, 0) is 25.0 Å². The Kier molecular flexibility index (Phi) is 5.14. The fraction of sp³-hybridized carbons (Fsp3) is 0.467. The number of aromatic nitrogens is 2. The number of nitrogens with zero attached hydrogens (tertiary/aromatic N) is 3. The van der Waals surface area contributed by atoms with E-state index in [1.807, 2.05) is 30.5 Å². The molecule has 0 aliphatic heterocycles. The third kappa shape index (κ3) is 3.24. The summed E-state index contributed by atoms with van der Waals surface area (Å²) >= 11 is 3.53. The molecule has 2 aromatic rings. The summed E-state index contributed by atoms with van der Waals surface area (Å²) in [6.07, 6.45) is 4.14. The molecule has 0 N–H and O–H groups in total. The van der Waals surface area contributed by atoms with Crippen LogP contribution in [-0.4, -0.2) is 27.9 Å². The number of rotatable bonds is 6. The lowest BCUT2D eigenvalue weighted by Gasteiger charge is -2.30. The zero-order valence-electron chi connectivity index (χ0n) is 11.5. The molecule has 0 amide bonds. The van der Waals surface area contributed by atoms with Gasteiger partial charge in [-0.3, -0.25) is 4.98 Å². The number of benzene rings is 1. The van der Waals surface area contributed by atoms with Crippen molar-refractivity contribution in [2.75, 3.05) is 16.8 Å². The maximum atomic E-state index is 4.75. The van der Waals surface area contributed by atoms with Crippen molar-refractivity contribution in [3.05, 3.63) is 30.5 Å². The van der Waals surface area contributed by atoms with E-state index < -0.39 is 0 Å². The second kappa shape index (κ2) is 6.85. The molecule has 2 rings (SSSR count). The zero-order valence-corrected chi connectivity index (χ0v) is 13.1. The average Bonchev–Trinajstić information content (AvgIpc) is 2.47. The van der Waals surface area contributed by atoms with Crippen LogP contribution >= 0.6 is 15.9 Å². The molecular formula is C15H20BrN3. The van der Waals surface area contributed by atoms with Gasteiger partial charge in [0.25, 0.3) is 0 Å². The van der Waals surface area contributed by atoms with Crippen LogP contribution in [0.15, 0.2) is 30.5 Å². The van der Waals surface area contributed by atoms with E-state index in [-0.39, 0.29) is 0 Å². The van der Waals surface area contributed by atoms with E-state index in [1.54, 1.807) is 0 Å². The first-order chi connectivity index (χ1) is 9.30. The van der Waals surface area contributed by atoms with Gasteiger partial charge in [0, 0.05) is 17.9 Å². The molecule has 102 valence electrons. The van der Waals surface area contributed by atoms with Gasteiger partial charge in [-0.2, -0.15) is 0 Å². The minimum Gasteiger partial charge on any atom is -0.352 e. The maximum Gasteiger partial charge on any atom is 0.148 e. The van der Waals surface area contributed by atoms with E-state index >= 15 is 0 Å². The van der Waals surface area contributed by atoms with E-state index in [2.05, 4.69) is 39.7 Å². The Morgan fingerprint density at radius 3 is 2.47 bits per heavy atom. The number of hydrogen-bond acceptors (Lipinski definition) is 3. The minimum atomic E-state index is 0.521. The molecule has 0 atom stereocenters. The predicted octanol–water partition coefficient (Wildman–Crippen LogP) is 4.02. The highest BCUT2D eigenvalue weighted by Crippen LogP contribution is 2.20. The molecule has 0 fully saturated rings. The van der Waals surface area contributed by atoms with Gasteiger partial charge in [-0.25, -0.2) is 4.98 Å². The van der Waals surface area contributed by atoms with Crippen LogP contribution in [0.5, 0.6) is 0 Å². The molecule has 0 spiro atoms. The van der Waals surface area contributed by atoms with E-state index in [0.717, 1.165) is 41.6 Å². The number of anilines is 1. The summed E-state index contributed by atoms with van der Waals surface area (Å²) in [6, 6.07) is 8.54. The Balaban J connectivity index is 2.37. The third-order valence-electron chi connectivity index (χ3n) is 3.44. The number of fused-ring (bicyclic) bond motifs is 1. The van der Waals surface area contributed by atoms with Crippen molar-refractivity contribution in [3.63, 3.8) is 0 Å². The Morgan fingerprint density at radius 2 is 1.84 bits per heavy atom. The standard InChI is InChI=1S/C15H20BrN3/c1-3-12(4-2)19(10-9-16)15-11-17-13-7-5-6-8-14(13)18-15/h5-8,11-12H,3-4,9-10H2,1-2H3. The highest BCUT2D eigenvalue weighted by Gasteiger charge is 2.16. The summed E-state index contributed by atoms with van der Waals surface area (Å²) in [7, 11) is 0. The van der Waals surface area contributed by atoms with Crippen molar-refractivity contribution >= 4 is 32.8 Å². The van der Waals surface area contributed by atoms with Gasteiger partial charge in [0.1, 0.15) is 5.82 Å². The van der Waals surface area contributed by atoms with E-state index in [0.29, 0.717) is 6.04 Å². The lowest BCUT2D eigenvalue weighted by atomic mass is 10.1. The van der Waals surface area contributed by atoms with E-state index in [9.17, 15) is 0 Å². The molecule has 19 heavy (non-hydrogen) atoms. The van der Waals surface area contributed by atoms with Crippen molar-refractivity contribution in [3.8, 4) is 0 Å². The molecule has 0 bridgehead atoms.